The minimum atomic E-state index is 0.00809. The molecule has 2 amide bonds. The first-order chi connectivity index (χ1) is 11.7. The van der Waals surface area contributed by atoms with Crippen molar-refractivity contribution >= 4 is 11.8 Å². The summed E-state index contributed by atoms with van der Waals surface area (Å²) in [6.07, 6.45) is 3.54. The number of nitrogens with zero attached hydrogens (tertiary/aromatic N) is 2. The highest BCUT2D eigenvalue weighted by Crippen LogP contribution is 2.33. The zero-order valence-electron chi connectivity index (χ0n) is 13.9. The number of benzene rings is 1. The Balaban J connectivity index is 1.59. The maximum atomic E-state index is 12.9. The van der Waals surface area contributed by atoms with E-state index in [0.717, 1.165) is 32.2 Å². The molecule has 3 aliphatic heterocycles. The molecule has 0 bridgehead atoms. The lowest BCUT2D eigenvalue weighted by Gasteiger charge is -2.42. The summed E-state index contributed by atoms with van der Waals surface area (Å²) >= 11 is 0. The van der Waals surface area contributed by atoms with E-state index in [1.807, 2.05) is 11.0 Å². The molecule has 0 spiro atoms. The standard InChI is InChI=1S/C19H24N2O3/c22-18-13-20(19(23)15-7-10-24-11-8-15)12-17-16-6-2-1-4-14(16)5-3-9-21(17)18/h1-2,4,6,15,17H,3,5,7-13H2. The SMILES string of the molecule is O=C(C1CCOCC1)N1CC(=O)N2CCCc3ccccc3C2C1. The Kier molecular flexibility index (Phi) is 4.27. The first-order valence-corrected chi connectivity index (χ1v) is 8.98. The number of rotatable bonds is 1. The van der Waals surface area contributed by atoms with Gasteiger partial charge < -0.3 is 14.5 Å². The third kappa shape index (κ3) is 2.81. The molecular formula is C19H24N2O3. The molecule has 128 valence electrons. The fraction of sp³-hybridized carbons (Fsp3) is 0.579. The molecule has 1 aromatic carbocycles. The Morgan fingerprint density at radius 3 is 2.79 bits per heavy atom. The van der Waals surface area contributed by atoms with Gasteiger partial charge in [-0.1, -0.05) is 24.3 Å². The molecular weight excluding hydrogens is 304 g/mol. The summed E-state index contributed by atoms with van der Waals surface area (Å²) in [5.74, 6) is 0.232. The van der Waals surface area contributed by atoms with Crippen molar-refractivity contribution in [3.05, 3.63) is 35.4 Å². The summed E-state index contributed by atoms with van der Waals surface area (Å²) in [4.78, 5) is 29.3. The maximum Gasteiger partial charge on any atom is 0.242 e. The van der Waals surface area contributed by atoms with Gasteiger partial charge in [-0.05, 0) is 36.8 Å². The van der Waals surface area contributed by atoms with Crippen LogP contribution < -0.4 is 0 Å². The van der Waals surface area contributed by atoms with E-state index in [9.17, 15) is 9.59 Å². The molecule has 24 heavy (non-hydrogen) atoms. The van der Waals surface area contributed by atoms with Crippen LogP contribution in [-0.4, -0.2) is 54.5 Å². The Bertz CT molecular complexity index is 639. The number of ether oxygens (including phenoxy) is 1. The molecule has 2 fully saturated rings. The Hall–Kier alpha value is -1.88. The normalized spacial score (nSPS) is 25.0. The van der Waals surface area contributed by atoms with Crippen LogP contribution in [0.4, 0.5) is 0 Å². The van der Waals surface area contributed by atoms with Crippen molar-refractivity contribution in [1.82, 2.24) is 9.80 Å². The third-order valence-electron chi connectivity index (χ3n) is 5.56. The van der Waals surface area contributed by atoms with Gasteiger partial charge in [0, 0.05) is 32.2 Å². The van der Waals surface area contributed by atoms with Crippen LogP contribution in [0.1, 0.15) is 36.4 Å². The molecule has 0 radical (unpaired) electrons. The van der Waals surface area contributed by atoms with Gasteiger partial charge >= 0.3 is 0 Å². The summed E-state index contributed by atoms with van der Waals surface area (Å²) in [6.45, 7) is 2.94. The molecule has 3 heterocycles. The monoisotopic (exact) mass is 328 g/mol. The van der Waals surface area contributed by atoms with E-state index < -0.39 is 0 Å². The molecule has 0 N–H and O–H groups in total. The minimum absolute atomic E-state index is 0.00809. The fourth-order valence-electron chi connectivity index (χ4n) is 4.24. The van der Waals surface area contributed by atoms with Crippen molar-refractivity contribution in [2.45, 2.75) is 31.7 Å². The zero-order valence-corrected chi connectivity index (χ0v) is 13.9. The van der Waals surface area contributed by atoms with Crippen molar-refractivity contribution in [3.8, 4) is 0 Å². The Labute approximate surface area is 142 Å². The summed E-state index contributed by atoms with van der Waals surface area (Å²) in [6, 6.07) is 8.38. The molecule has 0 aliphatic carbocycles. The van der Waals surface area contributed by atoms with Gasteiger partial charge in [0.05, 0.1) is 12.6 Å². The Morgan fingerprint density at radius 1 is 1.17 bits per heavy atom. The van der Waals surface area contributed by atoms with Crippen LogP contribution in [0.2, 0.25) is 0 Å². The van der Waals surface area contributed by atoms with Crippen LogP contribution in [0, 0.1) is 5.92 Å². The van der Waals surface area contributed by atoms with E-state index in [-0.39, 0.29) is 30.3 Å². The third-order valence-corrected chi connectivity index (χ3v) is 5.56. The number of aryl methyl sites for hydroxylation is 1. The summed E-state index contributed by atoms with van der Waals surface area (Å²) in [5, 5.41) is 0. The predicted molar refractivity (Wildman–Crippen MR) is 89.3 cm³/mol. The van der Waals surface area contributed by atoms with Crippen LogP contribution in [0.15, 0.2) is 24.3 Å². The van der Waals surface area contributed by atoms with Crippen molar-refractivity contribution < 1.29 is 14.3 Å². The predicted octanol–water partition coefficient (Wildman–Crippen LogP) is 1.77. The molecule has 3 aliphatic rings. The first-order valence-electron chi connectivity index (χ1n) is 8.98. The molecule has 5 nitrogen and oxygen atoms in total. The summed E-state index contributed by atoms with van der Waals surface area (Å²) in [5.41, 5.74) is 2.53. The van der Waals surface area contributed by atoms with Gasteiger partial charge in [-0.2, -0.15) is 0 Å². The van der Waals surface area contributed by atoms with Crippen molar-refractivity contribution in [1.29, 1.82) is 0 Å². The summed E-state index contributed by atoms with van der Waals surface area (Å²) in [7, 11) is 0. The molecule has 4 rings (SSSR count). The van der Waals surface area contributed by atoms with E-state index in [2.05, 4.69) is 18.2 Å². The van der Waals surface area contributed by atoms with E-state index in [1.54, 1.807) is 4.90 Å². The molecule has 1 unspecified atom stereocenters. The lowest BCUT2D eigenvalue weighted by Crippen LogP contribution is -2.55. The minimum Gasteiger partial charge on any atom is -0.381 e. The summed E-state index contributed by atoms with van der Waals surface area (Å²) < 4.78 is 5.36. The number of carbonyl (C=O) groups is 2. The average molecular weight is 328 g/mol. The quantitative estimate of drug-likeness (QED) is 0.789. The average Bonchev–Trinajstić information content (AvgIpc) is 2.82. The lowest BCUT2D eigenvalue weighted by molar-refractivity contribution is -0.152. The van der Waals surface area contributed by atoms with Gasteiger partial charge in [0.2, 0.25) is 11.8 Å². The molecule has 0 saturated carbocycles. The highest BCUT2D eigenvalue weighted by atomic mass is 16.5. The van der Waals surface area contributed by atoms with Gasteiger partial charge in [0.15, 0.2) is 0 Å². The van der Waals surface area contributed by atoms with E-state index in [1.165, 1.54) is 11.1 Å². The molecule has 1 atom stereocenters. The van der Waals surface area contributed by atoms with Crippen LogP contribution in [0.5, 0.6) is 0 Å². The molecule has 5 heteroatoms. The highest BCUT2D eigenvalue weighted by molar-refractivity contribution is 5.87. The van der Waals surface area contributed by atoms with Crippen LogP contribution in [0.3, 0.4) is 0 Å². The number of hydrogen-bond acceptors (Lipinski definition) is 3. The molecule has 1 aromatic rings. The van der Waals surface area contributed by atoms with Gasteiger partial charge in [-0.15, -0.1) is 0 Å². The van der Waals surface area contributed by atoms with Crippen LogP contribution in [-0.2, 0) is 20.7 Å². The van der Waals surface area contributed by atoms with Crippen LogP contribution in [0.25, 0.3) is 0 Å². The van der Waals surface area contributed by atoms with Crippen molar-refractivity contribution in [2.24, 2.45) is 5.92 Å². The molecule has 0 aromatic heterocycles. The smallest absolute Gasteiger partial charge is 0.242 e. The van der Waals surface area contributed by atoms with Gasteiger partial charge in [-0.25, -0.2) is 0 Å². The number of hydrogen-bond donors (Lipinski definition) is 0. The number of fused-ring (bicyclic) bond motifs is 3. The second kappa shape index (κ2) is 6.55. The van der Waals surface area contributed by atoms with Gasteiger partial charge in [-0.3, -0.25) is 9.59 Å². The van der Waals surface area contributed by atoms with E-state index in [4.69, 9.17) is 4.74 Å². The van der Waals surface area contributed by atoms with Gasteiger partial charge in [0.25, 0.3) is 0 Å². The van der Waals surface area contributed by atoms with Gasteiger partial charge in [0.1, 0.15) is 0 Å². The largest absolute Gasteiger partial charge is 0.381 e. The number of piperazine rings is 1. The van der Waals surface area contributed by atoms with Crippen molar-refractivity contribution in [3.63, 3.8) is 0 Å². The van der Waals surface area contributed by atoms with E-state index >= 15 is 0 Å². The van der Waals surface area contributed by atoms with Crippen molar-refractivity contribution in [2.75, 3.05) is 32.8 Å². The lowest BCUT2D eigenvalue weighted by atomic mass is 9.94. The second-order valence-electron chi connectivity index (χ2n) is 7.01. The van der Waals surface area contributed by atoms with E-state index in [0.29, 0.717) is 19.8 Å². The topological polar surface area (TPSA) is 49.9 Å². The van der Waals surface area contributed by atoms with Crippen LogP contribution >= 0.6 is 0 Å². The second-order valence-corrected chi connectivity index (χ2v) is 7.01. The Morgan fingerprint density at radius 2 is 1.96 bits per heavy atom. The number of amides is 2. The highest BCUT2D eigenvalue weighted by Gasteiger charge is 2.39. The maximum absolute atomic E-state index is 12.9. The first kappa shape index (κ1) is 15.6. The number of carbonyl (C=O) groups excluding carboxylic acids is 2. The fourth-order valence-corrected chi connectivity index (χ4v) is 4.24. The zero-order chi connectivity index (χ0) is 16.5. The molecule has 2 saturated heterocycles.